The minimum atomic E-state index is 0.346. The molecule has 0 unspecified atom stereocenters. The van der Waals surface area contributed by atoms with Gasteiger partial charge in [-0.25, -0.2) is 0 Å². The Kier molecular flexibility index (Phi) is 3.14. The smallest absolute Gasteiger partial charge is 0.191 e. The van der Waals surface area contributed by atoms with Gasteiger partial charge in [0.1, 0.15) is 11.5 Å². The van der Waals surface area contributed by atoms with E-state index in [9.17, 15) is 0 Å². The lowest BCUT2D eigenvalue weighted by Gasteiger charge is -2.33. The SMILES string of the molecule is N=C1C=CO/C1=C(/N)N1CCC(CN)CC1. The summed E-state index contributed by atoms with van der Waals surface area (Å²) >= 11 is 0. The fraction of sp³-hybridized carbons (Fsp3) is 0.545. The van der Waals surface area contributed by atoms with Crippen molar-refractivity contribution >= 4 is 5.71 Å². The van der Waals surface area contributed by atoms with Crippen LogP contribution >= 0.6 is 0 Å². The third-order valence-electron chi connectivity index (χ3n) is 3.19. The maximum atomic E-state index is 7.63. The summed E-state index contributed by atoms with van der Waals surface area (Å²) in [6.07, 6.45) is 5.22. The highest BCUT2D eigenvalue weighted by molar-refractivity contribution is 6.06. The topological polar surface area (TPSA) is 88.4 Å². The molecular formula is C11H18N4O. The number of likely N-dealkylation sites (tertiary alicyclic amines) is 1. The molecule has 2 aliphatic heterocycles. The number of nitrogens with zero attached hydrogens (tertiary/aromatic N) is 1. The molecule has 0 aromatic heterocycles. The van der Waals surface area contributed by atoms with Crippen LogP contribution in [0.15, 0.2) is 23.9 Å². The van der Waals surface area contributed by atoms with Gasteiger partial charge in [0.25, 0.3) is 0 Å². The standard InChI is InChI=1S/C11H18N4O/c12-7-8-1-4-15(5-2-8)11(14)10-9(13)3-6-16-10/h3,6,8,13H,1-2,4-5,7,12,14H2/b11-10-,13-9?. The number of nitrogens with two attached hydrogens (primary N) is 2. The Labute approximate surface area is 95.2 Å². The maximum absolute atomic E-state index is 7.63. The van der Waals surface area contributed by atoms with Crippen molar-refractivity contribution in [2.75, 3.05) is 19.6 Å². The monoisotopic (exact) mass is 222 g/mol. The summed E-state index contributed by atoms with van der Waals surface area (Å²) in [6, 6.07) is 0. The molecular weight excluding hydrogens is 204 g/mol. The number of hydrogen-bond donors (Lipinski definition) is 3. The lowest BCUT2D eigenvalue weighted by Crippen LogP contribution is -2.39. The van der Waals surface area contributed by atoms with Crippen molar-refractivity contribution in [3.63, 3.8) is 0 Å². The first-order valence-electron chi connectivity index (χ1n) is 5.59. The highest BCUT2D eigenvalue weighted by Crippen LogP contribution is 2.21. The molecule has 16 heavy (non-hydrogen) atoms. The van der Waals surface area contributed by atoms with Crippen LogP contribution < -0.4 is 11.5 Å². The third-order valence-corrected chi connectivity index (χ3v) is 3.19. The van der Waals surface area contributed by atoms with Crippen LogP contribution in [0.2, 0.25) is 0 Å². The second kappa shape index (κ2) is 4.57. The summed E-state index contributed by atoms with van der Waals surface area (Å²) in [5.41, 5.74) is 12.0. The van der Waals surface area contributed by atoms with E-state index in [1.54, 1.807) is 6.08 Å². The summed E-state index contributed by atoms with van der Waals surface area (Å²) in [4.78, 5) is 2.07. The largest absolute Gasteiger partial charge is 0.459 e. The number of hydrogen-bond acceptors (Lipinski definition) is 5. The minimum Gasteiger partial charge on any atom is -0.459 e. The van der Waals surface area contributed by atoms with Crippen LogP contribution in [-0.2, 0) is 4.74 Å². The van der Waals surface area contributed by atoms with Gasteiger partial charge < -0.3 is 21.1 Å². The Balaban J connectivity index is 2.01. The fourth-order valence-corrected chi connectivity index (χ4v) is 2.06. The first-order chi connectivity index (χ1) is 7.72. The van der Waals surface area contributed by atoms with Crippen LogP contribution in [0.1, 0.15) is 12.8 Å². The average molecular weight is 222 g/mol. The van der Waals surface area contributed by atoms with Gasteiger partial charge >= 0.3 is 0 Å². The maximum Gasteiger partial charge on any atom is 0.191 e. The van der Waals surface area contributed by atoms with Gasteiger partial charge in [-0.3, -0.25) is 5.41 Å². The zero-order chi connectivity index (χ0) is 11.5. The highest BCUT2D eigenvalue weighted by Gasteiger charge is 2.23. The summed E-state index contributed by atoms with van der Waals surface area (Å²) in [7, 11) is 0. The first-order valence-corrected chi connectivity index (χ1v) is 5.59. The molecule has 5 heteroatoms. The molecule has 2 aliphatic rings. The van der Waals surface area contributed by atoms with E-state index in [-0.39, 0.29) is 0 Å². The van der Waals surface area contributed by atoms with Crippen molar-refractivity contribution in [3.8, 4) is 0 Å². The van der Waals surface area contributed by atoms with Crippen LogP contribution in [-0.4, -0.2) is 30.2 Å². The number of ether oxygens (including phenoxy) is 1. The average Bonchev–Trinajstić information content (AvgIpc) is 2.75. The molecule has 1 fully saturated rings. The summed E-state index contributed by atoms with van der Waals surface area (Å²) in [5, 5.41) is 7.63. The van der Waals surface area contributed by atoms with Gasteiger partial charge in [-0.15, -0.1) is 0 Å². The molecule has 0 aliphatic carbocycles. The minimum absolute atomic E-state index is 0.346. The van der Waals surface area contributed by atoms with E-state index in [4.69, 9.17) is 21.6 Å². The Morgan fingerprint density at radius 1 is 1.50 bits per heavy atom. The predicted molar refractivity (Wildman–Crippen MR) is 62.5 cm³/mol. The summed E-state index contributed by atoms with van der Waals surface area (Å²) in [5.74, 6) is 1.66. The van der Waals surface area contributed by atoms with E-state index in [0.29, 0.717) is 23.2 Å². The van der Waals surface area contributed by atoms with Gasteiger partial charge in [0.15, 0.2) is 5.76 Å². The van der Waals surface area contributed by atoms with Crippen LogP contribution in [0.5, 0.6) is 0 Å². The number of nitrogens with one attached hydrogen (secondary N) is 1. The van der Waals surface area contributed by atoms with Gasteiger partial charge in [-0.2, -0.15) is 0 Å². The number of allylic oxidation sites excluding steroid dienone is 1. The Hall–Kier alpha value is -1.49. The highest BCUT2D eigenvalue weighted by atomic mass is 16.5. The van der Waals surface area contributed by atoms with Crippen LogP contribution in [0.25, 0.3) is 0 Å². The Morgan fingerprint density at radius 3 is 2.69 bits per heavy atom. The summed E-state index contributed by atoms with van der Waals surface area (Å²) < 4.78 is 5.22. The van der Waals surface area contributed by atoms with E-state index in [1.165, 1.54) is 6.26 Å². The van der Waals surface area contributed by atoms with Crippen molar-refractivity contribution in [2.24, 2.45) is 17.4 Å². The molecule has 5 nitrogen and oxygen atoms in total. The van der Waals surface area contributed by atoms with Gasteiger partial charge in [-0.1, -0.05) is 0 Å². The van der Waals surface area contributed by atoms with Crippen LogP contribution in [0.4, 0.5) is 0 Å². The number of rotatable bonds is 2. The van der Waals surface area contributed by atoms with Gasteiger partial charge in [-0.05, 0) is 25.3 Å². The molecule has 0 aromatic carbocycles. The molecule has 2 heterocycles. The van der Waals surface area contributed by atoms with Crippen LogP contribution in [0.3, 0.4) is 0 Å². The number of piperidine rings is 1. The molecule has 0 atom stereocenters. The van der Waals surface area contributed by atoms with Crippen molar-refractivity contribution in [1.82, 2.24) is 4.90 Å². The molecule has 5 N–H and O–H groups in total. The van der Waals surface area contributed by atoms with E-state index in [1.807, 2.05) is 0 Å². The Bertz CT molecular complexity index is 340. The van der Waals surface area contributed by atoms with Gasteiger partial charge in [0.05, 0.1) is 6.26 Å². The molecule has 0 aromatic rings. The van der Waals surface area contributed by atoms with Crippen molar-refractivity contribution in [2.45, 2.75) is 12.8 Å². The van der Waals surface area contributed by atoms with Crippen molar-refractivity contribution < 1.29 is 4.74 Å². The second-order valence-electron chi connectivity index (χ2n) is 4.21. The third kappa shape index (κ3) is 2.04. The molecule has 1 saturated heterocycles. The molecule has 0 amide bonds. The van der Waals surface area contributed by atoms with E-state index in [2.05, 4.69) is 4.90 Å². The van der Waals surface area contributed by atoms with Crippen molar-refractivity contribution in [1.29, 1.82) is 5.41 Å². The van der Waals surface area contributed by atoms with E-state index < -0.39 is 0 Å². The van der Waals surface area contributed by atoms with Crippen molar-refractivity contribution in [3.05, 3.63) is 23.9 Å². The van der Waals surface area contributed by atoms with E-state index in [0.717, 1.165) is 32.5 Å². The lowest BCUT2D eigenvalue weighted by atomic mass is 9.97. The molecule has 88 valence electrons. The molecule has 2 rings (SSSR count). The predicted octanol–water partition coefficient (Wildman–Crippen LogP) is 0.349. The normalized spacial score (nSPS) is 24.8. The quantitative estimate of drug-likeness (QED) is 0.629. The molecule has 0 bridgehead atoms. The van der Waals surface area contributed by atoms with Crippen LogP contribution in [0, 0.1) is 11.3 Å². The first kappa shape index (κ1) is 11.0. The van der Waals surface area contributed by atoms with E-state index >= 15 is 0 Å². The zero-order valence-corrected chi connectivity index (χ0v) is 9.28. The lowest BCUT2D eigenvalue weighted by molar-refractivity contribution is 0.217. The molecule has 0 saturated carbocycles. The Morgan fingerprint density at radius 2 is 2.19 bits per heavy atom. The molecule has 0 radical (unpaired) electrons. The fourth-order valence-electron chi connectivity index (χ4n) is 2.06. The zero-order valence-electron chi connectivity index (χ0n) is 9.28. The molecule has 0 spiro atoms. The summed E-state index contributed by atoms with van der Waals surface area (Å²) in [6.45, 7) is 2.54. The van der Waals surface area contributed by atoms with Gasteiger partial charge in [0, 0.05) is 19.2 Å². The second-order valence-corrected chi connectivity index (χ2v) is 4.21. The van der Waals surface area contributed by atoms with Gasteiger partial charge in [0.2, 0.25) is 0 Å².